The lowest BCUT2D eigenvalue weighted by Gasteiger charge is -2.28. The molecule has 1 aromatic heterocycles. The number of fused-ring (bicyclic) bond motifs is 9. The van der Waals surface area contributed by atoms with Crippen molar-refractivity contribution in [2.24, 2.45) is 0 Å². The molecule has 0 N–H and O–H groups in total. The van der Waals surface area contributed by atoms with Gasteiger partial charge in [-0.15, -0.1) is 0 Å². The van der Waals surface area contributed by atoms with Crippen LogP contribution in [0.15, 0.2) is 205 Å². The van der Waals surface area contributed by atoms with E-state index in [4.69, 9.17) is 4.42 Å². The monoisotopic (exact) mass is 687 g/mol. The molecule has 0 aliphatic heterocycles. The van der Waals surface area contributed by atoms with Gasteiger partial charge in [0.05, 0.1) is 5.69 Å². The Bertz CT molecular complexity index is 3210. The van der Waals surface area contributed by atoms with E-state index in [9.17, 15) is 0 Å². The molecule has 2 heteroatoms. The van der Waals surface area contributed by atoms with Gasteiger partial charge in [0, 0.05) is 32.9 Å². The lowest BCUT2D eigenvalue weighted by atomic mass is 9.91. The summed E-state index contributed by atoms with van der Waals surface area (Å²) in [6.45, 7) is 0. The molecular formula is C52H33NO. The average molecular weight is 688 g/mol. The Morgan fingerprint density at radius 2 is 0.907 bits per heavy atom. The van der Waals surface area contributed by atoms with Crippen molar-refractivity contribution in [2.75, 3.05) is 4.90 Å². The van der Waals surface area contributed by atoms with Gasteiger partial charge in [-0.2, -0.15) is 0 Å². The number of para-hydroxylation sites is 1. The van der Waals surface area contributed by atoms with Gasteiger partial charge >= 0.3 is 0 Å². The third-order valence-electron chi connectivity index (χ3n) is 11.0. The van der Waals surface area contributed by atoms with Crippen LogP contribution < -0.4 is 4.90 Å². The summed E-state index contributed by atoms with van der Waals surface area (Å²) in [7, 11) is 0. The molecule has 0 spiro atoms. The fraction of sp³-hybridized carbons (Fsp3) is 0. The maximum Gasteiger partial charge on any atom is 0.143 e. The van der Waals surface area contributed by atoms with Crippen LogP contribution in [0.2, 0.25) is 0 Å². The Labute approximate surface area is 312 Å². The van der Waals surface area contributed by atoms with Crippen molar-refractivity contribution in [3.63, 3.8) is 0 Å². The minimum Gasteiger partial charge on any atom is -0.455 e. The molecule has 2 nitrogen and oxygen atoms in total. The highest BCUT2D eigenvalue weighted by molar-refractivity contribution is 6.17. The predicted octanol–water partition coefficient (Wildman–Crippen LogP) is 15.0. The second kappa shape index (κ2) is 12.2. The molecule has 1 heterocycles. The number of furan rings is 1. The van der Waals surface area contributed by atoms with Crippen LogP contribution in [0, 0.1) is 0 Å². The Hall–Kier alpha value is -7.16. The normalized spacial score (nSPS) is 11.7. The molecular weight excluding hydrogens is 655 g/mol. The topological polar surface area (TPSA) is 16.4 Å². The highest BCUT2D eigenvalue weighted by Crippen LogP contribution is 2.45. The summed E-state index contributed by atoms with van der Waals surface area (Å²) in [5, 5.41) is 11.9. The van der Waals surface area contributed by atoms with Crippen molar-refractivity contribution < 1.29 is 4.42 Å². The SMILES string of the molecule is c1ccc(-c2ccc(N(c3ccc4c(ccc5c6ccccc6oc45)c3)c3cc(-c4cc5ccccc5c5ccccc45)cc4ccccc34)cc2)cc1. The number of hydrogen-bond donors (Lipinski definition) is 0. The zero-order chi connectivity index (χ0) is 35.6. The third kappa shape index (κ3) is 4.88. The molecule has 0 aliphatic rings. The minimum absolute atomic E-state index is 0.911. The van der Waals surface area contributed by atoms with Crippen LogP contribution in [0.25, 0.3) is 87.3 Å². The van der Waals surface area contributed by atoms with Crippen molar-refractivity contribution in [2.45, 2.75) is 0 Å². The first-order chi connectivity index (χ1) is 26.8. The molecule has 252 valence electrons. The summed E-state index contributed by atoms with van der Waals surface area (Å²) in [6, 6.07) is 72.4. The summed E-state index contributed by atoms with van der Waals surface area (Å²) in [6.07, 6.45) is 0. The summed E-state index contributed by atoms with van der Waals surface area (Å²) in [5.74, 6) is 0. The van der Waals surface area contributed by atoms with E-state index in [0.717, 1.165) is 49.8 Å². The highest BCUT2D eigenvalue weighted by Gasteiger charge is 2.20. The fourth-order valence-corrected chi connectivity index (χ4v) is 8.42. The van der Waals surface area contributed by atoms with Gasteiger partial charge in [0.1, 0.15) is 11.2 Å². The molecule has 0 atom stereocenters. The van der Waals surface area contributed by atoms with E-state index in [1.807, 2.05) is 12.1 Å². The Kier molecular flexibility index (Phi) is 6.90. The van der Waals surface area contributed by atoms with Crippen LogP contribution in [-0.2, 0) is 0 Å². The molecule has 0 amide bonds. The van der Waals surface area contributed by atoms with Crippen molar-refractivity contribution in [3.8, 4) is 22.3 Å². The van der Waals surface area contributed by atoms with E-state index < -0.39 is 0 Å². The average Bonchev–Trinajstić information content (AvgIpc) is 3.63. The van der Waals surface area contributed by atoms with Crippen LogP contribution in [0.4, 0.5) is 17.1 Å². The number of benzene rings is 10. The van der Waals surface area contributed by atoms with Crippen LogP contribution >= 0.6 is 0 Å². The van der Waals surface area contributed by atoms with Gasteiger partial charge in [-0.1, -0.05) is 140 Å². The van der Waals surface area contributed by atoms with Crippen molar-refractivity contribution in [3.05, 3.63) is 200 Å². The maximum absolute atomic E-state index is 6.46. The van der Waals surface area contributed by atoms with Gasteiger partial charge in [0.25, 0.3) is 0 Å². The lowest BCUT2D eigenvalue weighted by Crippen LogP contribution is -2.11. The van der Waals surface area contributed by atoms with E-state index in [-0.39, 0.29) is 0 Å². The van der Waals surface area contributed by atoms with E-state index in [1.54, 1.807) is 0 Å². The lowest BCUT2D eigenvalue weighted by molar-refractivity contribution is 0.672. The van der Waals surface area contributed by atoms with E-state index >= 15 is 0 Å². The molecule has 0 bridgehead atoms. The number of nitrogens with zero attached hydrogens (tertiary/aromatic N) is 1. The summed E-state index contributed by atoms with van der Waals surface area (Å²) in [5.41, 5.74) is 9.92. The molecule has 0 saturated heterocycles. The summed E-state index contributed by atoms with van der Waals surface area (Å²) in [4.78, 5) is 2.42. The van der Waals surface area contributed by atoms with Crippen molar-refractivity contribution >= 4 is 82.1 Å². The number of hydrogen-bond acceptors (Lipinski definition) is 2. The summed E-state index contributed by atoms with van der Waals surface area (Å²) >= 11 is 0. The van der Waals surface area contributed by atoms with E-state index in [1.165, 1.54) is 54.6 Å². The minimum atomic E-state index is 0.911. The molecule has 11 rings (SSSR count). The smallest absolute Gasteiger partial charge is 0.143 e. The third-order valence-corrected chi connectivity index (χ3v) is 11.0. The van der Waals surface area contributed by atoms with Gasteiger partial charge in [0.15, 0.2) is 0 Å². The molecule has 0 saturated carbocycles. The molecule has 11 aromatic rings. The summed E-state index contributed by atoms with van der Waals surface area (Å²) < 4.78 is 6.46. The van der Waals surface area contributed by atoms with E-state index in [2.05, 4.69) is 193 Å². The maximum atomic E-state index is 6.46. The first-order valence-corrected chi connectivity index (χ1v) is 18.5. The standard InChI is InChI=1S/C52H33NO/c1-2-12-34(13-3-1)35-22-25-40(26-23-35)53(41-27-29-44-38(31-41)24-28-48-47-20-10-11-21-51(47)54-52(44)48)50-33-39(30-36-14-5-7-17-43(36)50)49-32-37-15-4-6-16-42(37)45-18-8-9-19-46(45)49/h1-33H. The van der Waals surface area contributed by atoms with Gasteiger partial charge in [-0.25, -0.2) is 0 Å². The van der Waals surface area contributed by atoms with Crippen LogP contribution in [0.5, 0.6) is 0 Å². The quantitative estimate of drug-likeness (QED) is 0.168. The molecule has 0 aliphatic carbocycles. The zero-order valence-corrected chi connectivity index (χ0v) is 29.4. The zero-order valence-electron chi connectivity index (χ0n) is 29.4. The Morgan fingerprint density at radius 1 is 0.315 bits per heavy atom. The molecule has 54 heavy (non-hydrogen) atoms. The fourth-order valence-electron chi connectivity index (χ4n) is 8.42. The highest BCUT2D eigenvalue weighted by atomic mass is 16.3. The van der Waals surface area contributed by atoms with Crippen LogP contribution in [-0.4, -0.2) is 0 Å². The number of rotatable bonds is 5. The Balaban J connectivity index is 1.16. The van der Waals surface area contributed by atoms with Gasteiger partial charge in [-0.3, -0.25) is 0 Å². The number of anilines is 3. The van der Waals surface area contributed by atoms with Gasteiger partial charge in [0.2, 0.25) is 0 Å². The first-order valence-electron chi connectivity index (χ1n) is 18.5. The van der Waals surface area contributed by atoms with Gasteiger partial charge < -0.3 is 9.32 Å². The predicted molar refractivity (Wildman–Crippen MR) is 229 cm³/mol. The second-order valence-corrected chi connectivity index (χ2v) is 14.1. The largest absolute Gasteiger partial charge is 0.455 e. The molecule has 0 unspecified atom stereocenters. The molecule has 0 fully saturated rings. The second-order valence-electron chi connectivity index (χ2n) is 14.1. The molecule has 0 radical (unpaired) electrons. The van der Waals surface area contributed by atoms with Crippen LogP contribution in [0.1, 0.15) is 0 Å². The van der Waals surface area contributed by atoms with Crippen LogP contribution in [0.3, 0.4) is 0 Å². The van der Waals surface area contributed by atoms with Crippen molar-refractivity contribution in [1.82, 2.24) is 0 Å². The molecule has 10 aromatic carbocycles. The van der Waals surface area contributed by atoms with Gasteiger partial charge in [-0.05, 0) is 115 Å². The Morgan fingerprint density at radius 3 is 1.72 bits per heavy atom. The van der Waals surface area contributed by atoms with Crippen molar-refractivity contribution in [1.29, 1.82) is 0 Å². The van der Waals surface area contributed by atoms with E-state index in [0.29, 0.717) is 0 Å². The first kappa shape index (κ1) is 30.5.